The van der Waals surface area contributed by atoms with E-state index in [1.165, 1.54) is 41.4 Å². The Hall–Kier alpha value is -3.76. The minimum absolute atomic E-state index is 0.00681. The summed E-state index contributed by atoms with van der Waals surface area (Å²) in [6.07, 6.45) is -2.12. The van der Waals surface area contributed by atoms with Crippen molar-refractivity contribution in [1.29, 1.82) is 0 Å². The second kappa shape index (κ2) is 8.06. The molecule has 2 N–H and O–H groups in total. The van der Waals surface area contributed by atoms with Crippen molar-refractivity contribution in [3.8, 4) is 0 Å². The Morgan fingerprint density at radius 1 is 1.22 bits per heavy atom. The third-order valence-corrected chi connectivity index (χ3v) is 5.41. The minimum Gasteiger partial charge on any atom is -0.337 e. The van der Waals surface area contributed by atoms with E-state index in [0.717, 1.165) is 6.20 Å². The number of fused-ring (bicyclic) bond motifs is 1. The van der Waals surface area contributed by atoms with E-state index in [2.05, 4.69) is 10.3 Å². The number of nitrogens with one attached hydrogen (secondary N) is 2. The van der Waals surface area contributed by atoms with Gasteiger partial charge < -0.3 is 10.2 Å². The van der Waals surface area contributed by atoms with Crippen molar-refractivity contribution in [2.24, 2.45) is 0 Å². The second-order valence-corrected chi connectivity index (χ2v) is 7.51. The Balaban J connectivity index is 1.54. The molecule has 11 heteroatoms. The summed E-state index contributed by atoms with van der Waals surface area (Å²) in [5.41, 5.74) is 0.400. The van der Waals surface area contributed by atoms with Crippen molar-refractivity contribution < 1.29 is 32.3 Å². The van der Waals surface area contributed by atoms with Gasteiger partial charge in [0.05, 0.1) is 0 Å². The summed E-state index contributed by atoms with van der Waals surface area (Å²) in [5.74, 6) is -2.40. The summed E-state index contributed by atoms with van der Waals surface area (Å²) < 4.78 is 40.6. The van der Waals surface area contributed by atoms with E-state index in [9.17, 15) is 32.3 Å². The fourth-order valence-corrected chi connectivity index (χ4v) is 3.83. The first-order chi connectivity index (χ1) is 15.1. The maximum atomic E-state index is 13.5. The molecule has 0 bridgehead atoms. The highest BCUT2D eigenvalue weighted by Gasteiger charge is 2.43. The fourth-order valence-electron chi connectivity index (χ4n) is 3.83. The molecule has 2 aliphatic heterocycles. The van der Waals surface area contributed by atoms with E-state index in [0.29, 0.717) is 5.56 Å². The van der Waals surface area contributed by atoms with Crippen LogP contribution in [0.4, 0.5) is 13.2 Å². The van der Waals surface area contributed by atoms with Gasteiger partial charge in [-0.1, -0.05) is 6.07 Å². The highest BCUT2D eigenvalue weighted by atomic mass is 19.4. The lowest BCUT2D eigenvalue weighted by atomic mass is 10.0. The Labute approximate surface area is 179 Å². The number of piperidine rings is 1. The van der Waals surface area contributed by atoms with Crippen molar-refractivity contribution in [3.63, 3.8) is 0 Å². The SMILES string of the molecule is O=C1CCC(N2Cc3cc(C(=O)NC(c4cccnc4)C(F)(F)F)ccc3C2=O)C(=O)N1. The largest absolute Gasteiger partial charge is 0.412 e. The molecule has 1 aromatic carbocycles. The zero-order valence-corrected chi connectivity index (χ0v) is 16.5. The highest BCUT2D eigenvalue weighted by Crippen LogP contribution is 2.33. The molecule has 1 fully saturated rings. The molecule has 4 rings (SSSR count). The lowest BCUT2D eigenvalue weighted by Gasteiger charge is -2.29. The molecule has 0 aliphatic carbocycles. The molecule has 166 valence electrons. The Morgan fingerprint density at radius 2 is 2.00 bits per heavy atom. The first-order valence-electron chi connectivity index (χ1n) is 9.70. The zero-order chi connectivity index (χ0) is 23.0. The van der Waals surface area contributed by atoms with Gasteiger partial charge in [0.1, 0.15) is 6.04 Å². The third-order valence-electron chi connectivity index (χ3n) is 5.41. The number of imide groups is 1. The van der Waals surface area contributed by atoms with Crippen LogP contribution in [0, 0.1) is 0 Å². The van der Waals surface area contributed by atoms with Crippen LogP contribution in [0.15, 0.2) is 42.7 Å². The van der Waals surface area contributed by atoms with Crippen LogP contribution in [0.1, 0.15) is 50.7 Å². The monoisotopic (exact) mass is 446 g/mol. The third kappa shape index (κ3) is 4.05. The van der Waals surface area contributed by atoms with Crippen molar-refractivity contribution in [1.82, 2.24) is 20.5 Å². The van der Waals surface area contributed by atoms with Crippen molar-refractivity contribution in [2.75, 3.05) is 0 Å². The van der Waals surface area contributed by atoms with Crippen LogP contribution < -0.4 is 10.6 Å². The number of carbonyl (C=O) groups excluding carboxylic acids is 4. The molecule has 3 heterocycles. The number of amides is 4. The van der Waals surface area contributed by atoms with Crippen LogP contribution in [0.2, 0.25) is 0 Å². The number of rotatable bonds is 4. The molecule has 4 amide bonds. The molecule has 1 saturated heterocycles. The lowest BCUT2D eigenvalue weighted by molar-refractivity contribution is -0.155. The maximum Gasteiger partial charge on any atom is 0.412 e. The summed E-state index contributed by atoms with van der Waals surface area (Å²) in [4.78, 5) is 53.7. The van der Waals surface area contributed by atoms with Gasteiger partial charge in [0, 0.05) is 42.0 Å². The number of benzene rings is 1. The number of pyridine rings is 1. The molecule has 8 nitrogen and oxygen atoms in total. The Morgan fingerprint density at radius 3 is 2.66 bits per heavy atom. The average Bonchev–Trinajstić information content (AvgIpc) is 3.07. The van der Waals surface area contributed by atoms with Gasteiger partial charge in [-0.05, 0) is 36.2 Å². The first kappa shape index (κ1) is 21.5. The van der Waals surface area contributed by atoms with Crippen LogP contribution in [0.3, 0.4) is 0 Å². The van der Waals surface area contributed by atoms with Crippen LogP contribution in [0.25, 0.3) is 0 Å². The van der Waals surface area contributed by atoms with Crippen LogP contribution in [-0.4, -0.2) is 45.7 Å². The Kier molecular flexibility index (Phi) is 5.41. The summed E-state index contributed by atoms with van der Waals surface area (Å²) >= 11 is 0. The topological polar surface area (TPSA) is 108 Å². The van der Waals surface area contributed by atoms with Gasteiger partial charge in [-0.25, -0.2) is 0 Å². The molecule has 2 unspecified atom stereocenters. The first-order valence-corrected chi connectivity index (χ1v) is 9.70. The summed E-state index contributed by atoms with van der Waals surface area (Å²) in [6, 6.07) is 3.42. The van der Waals surface area contributed by atoms with Crippen LogP contribution in [0.5, 0.6) is 0 Å². The number of carbonyl (C=O) groups is 4. The molecule has 2 atom stereocenters. The number of alkyl halides is 3. The number of aromatic nitrogens is 1. The molecule has 2 aromatic rings. The molecular weight excluding hydrogens is 429 g/mol. The molecule has 0 saturated carbocycles. The number of hydrogen-bond acceptors (Lipinski definition) is 5. The van der Waals surface area contributed by atoms with Crippen molar-refractivity contribution >= 4 is 23.6 Å². The van der Waals surface area contributed by atoms with Gasteiger partial charge in [0.15, 0.2) is 6.04 Å². The van der Waals surface area contributed by atoms with Gasteiger partial charge >= 0.3 is 6.18 Å². The van der Waals surface area contributed by atoms with E-state index < -0.39 is 41.9 Å². The van der Waals surface area contributed by atoms with Gasteiger partial charge in [-0.3, -0.25) is 29.5 Å². The number of nitrogens with zero attached hydrogens (tertiary/aromatic N) is 2. The van der Waals surface area contributed by atoms with Gasteiger partial charge in [0.2, 0.25) is 11.8 Å². The van der Waals surface area contributed by atoms with Crippen molar-refractivity contribution in [2.45, 2.75) is 37.6 Å². The summed E-state index contributed by atoms with van der Waals surface area (Å²) in [6.45, 7) is 0.00681. The van der Waals surface area contributed by atoms with E-state index in [4.69, 9.17) is 0 Å². The number of halogens is 3. The molecule has 0 spiro atoms. The minimum atomic E-state index is -4.74. The summed E-state index contributed by atoms with van der Waals surface area (Å²) in [7, 11) is 0. The summed E-state index contributed by atoms with van der Waals surface area (Å²) in [5, 5.41) is 4.16. The highest BCUT2D eigenvalue weighted by molar-refractivity contribution is 6.06. The van der Waals surface area contributed by atoms with E-state index in [1.54, 1.807) is 0 Å². The van der Waals surface area contributed by atoms with E-state index in [1.807, 2.05) is 5.32 Å². The number of hydrogen-bond donors (Lipinski definition) is 2. The fraction of sp³-hybridized carbons (Fsp3) is 0.286. The normalized spacial score (nSPS) is 19.4. The van der Waals surface area contributed by atoms with Gasteiger partial charge in [0.25, 0.3) is 11.8 Å². The standard InChI is InChI=1S/C21H17F3N4O4/c22-21(23,24)17(12-2-1-7-25-9-12)27-18(30)11-3-4-14-13(8-11)10-28(20(14)32)15-5-6-16(29)26-19(15)31/h1-4,7-9,15,17H,5-6,10H2,(H,27,30)(H,26,29,31). The van der Waals surface area contributed by atoms with E-state index in [-0.39, 0.29) is 36.1 Å². The van der Waals surface area contributed by atoms with Gasteiger partial charge in [-0.15, -0.1) is 0 Å². The molecular formula is C21H17F3N4O4. The van der Waals surface area contributed by atoms with Crippen molar-refractivity contribution in [3.05, 3.63) is 65.0 Å². The van der Waals surface area contributed by atoms with Crippen LogP contribution in [-0.2, 0) is 16.1 Å². The second-order valence-electron chi connectivity index (χ2n) is 7.51. The molecule has 32 heavy (non-hydrogen) atoms. The molecule has 0 radical (unpaired) electrons. The predicted octanol–water partition coefficient (Wildman–Crippen LogP) is 1.88. The lowest BCUT2D eigenvalue weighted by Crippen LogP contribution is -2.52. The molecule has 2 aliphatic rings. The smallest absolute Gasteiger partial charge is 0.337 e. The van der Waals surface area contributed by atoms with Crippen LogP contribution >= 0.6 is 0 Å². The maximum absolute atomic E-state index is 13.5. The zero-order valence-electron chi connectivity index (χ0n) is 16.5. The molecule has 1 aromatic heterocycles. The average molecular weight is 446 g/mol. The van der Waals surface area contributed by atoms with E-state index >= 15 is 0 Å². The quantitative estimate of drug-likeness (QED) is 0.698. The Bertz CT molecular complexity index is 1100. The van der Waals surface area contributed by atoms with Gasteiger partial charge in [-0.2, -0.15) is 13.2 Å². The predicted molar refractivity (Wildman–Crippen MR) is 103 cm³/mol.